The minimum Gasteiger partial charge on any atom is -0.385 e. The number of aromatic nitrogens is 3. The van der Waals surface area contributed by atoms with Crippen LogP contribution in [0.3, 0.4) is 0 Å². The largest absolute Gasteiger partial charge is 0.385 e. The number of anilines is 1. The first kappa shape index (κ1) is 8.00. The fraction of sp³-hybridized carbons (Fsp3) is 0.250. The van der Waals surface area contributed by atoms with E-state index in [0.717, 1.165) is 5.52 Å². The Bertz CT molecular complexity index is 435. The summed E-state index contributed by atoms with van der Waals surface area (Å²) in [6.07, 6.45) is -0.615. The van der Waals surface area contributed by atoms with Crippen LogP contribution < -0.4 is 5.73 Å². The quantitative estimate of drug-likeness (QED) is 0.596. The molecule has 0 radical (unpaired) electrons. The van der Waals surface area contributed by atoms with Gasteiger partial charge in [0.15, 0.2) is 5.65 Å². The Labute approximate surface area is 74.6 Å². The van der Waals surface area contributed by atoms with Crippen molar-refractivity contribution in [1.29, 1.82) is 0 Å². The normalized spacial score (nSPS) is 13.4. The van der Waals surface area contributed by atoms with Crippen LogP contribution in [-0.4, -0.2) is 20.1 Å². The number of imidazole rings is 1. The van der Waals surface area contributed by atoms with Gasteiger partial charge in [0.1, 0.15) is 17.7 Å². The number of hydrogen-bond donors (Lipinski definition) is 3. The van der Waals surface area contributed by atoms with E-state index in [1.807, 2.05) is 0 Å². The Morgan fingerprint density at radius 2 is 2.23 bits per heavy atom. The number of nitrogens with one attached hydrogen (secondary N) is 1. The van der Waals surface area contributed by atoms with Crippen LogP contribution in [-0.2, 0) is 0 Å². The molecule has 2 aromatic rings. The lowest BCUT2D eigenvalue weighted by molar-refractivity contribution is 0.190. The smallest absolute Gasteiger partial charge is 0.179 e. The number of H-pyrrole nitrogens is 1. The van der Waals surface area contributed by atoms with E-state index < -0.39 is 6.10 Å². The summed E-state index contributed by atoms with van der Waals surface area (Å²) >= 11 is 0. The van der Waals surface area contributed by atoms with Crippen LogP contribution in [0.15, 0.2) is 12.1 Å². The average Bonchev–Trinajstić information content (AvgIpc) is 2.46. The Kier molecular flexibility index (Phi) is 1.66. The van der Waals surface area contributed by atoms with Crippen molar-refractivity contribution in [3.8, 4) is 0 Å². The summed E-state index contributed by atoms with van der Waals surface area (Å²) in [7, 11) is 0. The summed E-state index contributed by atoms with van der Waals surface area (Å²) in [5, 5.41) is 9.24. The molecule has 0 aromatic carbocycles. The number of hydrogen-bond acceptors (Lipinski definition) is 4. The number of pyridine rings is 1. The van der Waals surface area contributed by atoms with Crippen molar-refractivity contribution in [2.75, 3.05) is 5.73 Å². The fourth-order valence-corrected chi connectivity index (χ4v) is 1.12. The van der Waals surface area contributed by atoms with E-state index in [9.17, 15) is 5.11 Å². The molecule has 1 unspecified atom stereocenters. The van der Waals surface area contributed by atoms with Crippen molar-refractivity contribution in [1.82, 2.24) is 15.0 Å². The maximum atomic E-state index is 9.24. The van der Waals surface area contributed by atoms with Crippen LogP contribution >= 0.6 is 0 Å². The minimum atomic E-state index is -0.615. The van der Waals surface area contributed by atoms with Crippen molar-refractivity contribution in [2.24, 2.45) is 0 Å². The molecular formula is C8H10N4O. The SMILES string of the molecule is CC(O)c1nc2nc(N)ccc2[nH]1. The molecule has 5 nitrogen and oxygen atoms in total. The molecule has 0 aliphatic rings. The molecule has 13 heavy (non-hydrogen) atoms. The summed E-state index contributed by atoms with van der Waals surface area (Å²) in [5.41, 5.74) is 6.80. The highest BCUT2D eigenvalue weighted by molar-refractivity contribution is 5.72. The van der Waals surface area contributed by atoms with Crippen LogP contribution in [0.2, 0.25) is 0 Å². The van der Waals surface area contributed by atoms with Gasteiger partial charge in [-0.3, -0.25) is 0 Å². The molecule has 0 saturated heterocycles. The Hall–Kier alpha value is -1.62. The summed E-state index contributed by atoms with van der Waals surface area (Å²) < 4.78 is 0. The van der Waals surface area contributed by atoms with Gasteiger partial charge in [-0.05, 0) is 19.1 Å². The predicted octanol–water partition coefficient (Wildman–Crippen LogP) is 0.593. The molecule has 1 atom stereocenters. The number of nitrogens with zero attached hydrogens (tertiary/aromatic N) is 2. The van der Waals surface area contributed by atoms with E-state index in [-0.39, 0.29) is 0 Å². The molecule has 0 aliphatic carbocycles. The van der Waals surface area contributed by atoms with Gasteiger partial charge < -0.3 is 15.8 Å². The summed E-state index contributed by atoms with van der Waals surface area (Å²) in [6.45, 7) is 1.64. The molecule has 2 heterocycles. The second kappa shape index (κ2) is 2.70. The molecule has 5 heteroatoms. The fourth-order valence-electron chi connectivity index (χ4n) is 1.12. The van der Waals surface area contributed by atoms with E-state index in [1.54, 1.807) is 19.1 Å². The van der Waals surface area contributed by atoms with Gasteiger partial charge in [-0.2, -0.15) is 0 Å². The van der Waals surface area contributed by atoms with E-state index in [1.165, 1.54) is 0 Å². The van der Waals surface area contributed by atoms with Crippen molar-refractivity contribution in [2.45, 2.75) is 13.0 Å². The van der Waals surface area contributed by atoms with Crippen LogP contribution in [0.4, 0.5) is 5.82 Å². The first-order valence-corrected chi connectivity index (χ1v) is 3.97. The van der Waals surface area contributed by atoms with Crippen molar-refractivity contribution >= 4 is 17.0 Å². The number of nitrogen functional groups attached to an aromatic ring is 1. The number of aliphatic hydroxyl groups excluding tert-OH is 1. The van der Waals surface area contributed by atoms with E-state index in [0.29, 0.717) is 17.3 Å². The lowest BCUT2D eigenvalue weighted by Gasteiger charge is -1.94. The highest BCUT2D eigenvalue weighted by atomic mass is 16.3. The van der Waals surface area contributed by atoms with E-state index in [2.05, 4.69) is 15.0 Å². The summed E-state index contributed by atoms with van der Waals surface area (Å²) in [5.74, 6) is 0.934. The van der Waals surface area contributed by atoms with Crippen molar-refractivity contribution in [3.63, 3.8) is 0 Å². The zero-order chi connectivity index (χ0) is 9.42. The van der Waals surface area contributed by atoms with Crippen LogP contribution in [0.1, 0.15) is 18.9 Å². The lowest BCUT2D eigenvalue weighted by atomic mass is 10.4. The lowest BCUT2D eigenvalue weighted by Crippen LogP contribution is -1.92. The first-order chi connectivity index (χ1) is 6.16. The van der Waals surface area contributed by atoms with Gasteiger partial charge in [0.05, 0.1) is 5.52 Å². The van der Waals surface area contributed by atoms with Gasteiger partial charge in [-0.25, -0.2) is 9.97 Å². The zero-order valence-electron chi connectivity index (χ0n) is 7.15. The topological polar surface area (TPSA) is 87.8 Å². The number of rotatable bonds is 1. The second-order valence-electron chi connectivity index (χ2n) is 2.91. The molecule has 2 aromatic heterocycles. The highest BCUT2D eigenvalue weighted by Crippen LogP contribution is 2.14. The van der Waals surface area contributed by atoms with Crippen LogP contribution in [0.25, 0.3) is 11.2 Å². The average molecular weight is 178 g/mol. The van der Waals surface area contributed by atoms with Crippen molar-refractivity contribution < 1.29 is 5.11 Å². The van der Waals surface area contributed by atoms with Gasteiger partial charge in [-0.1, -0.05) is 0 Å². The maximum Gasteiger partial charge on any atom is 0.179 e. The highest BCUT2D eigenvalue weighted by Gasteiger charge is 2.07. The predicted molar refractivity (Wildman–Crippen MR) is 48.9 cm³/mol. The third-order valence-electron chi connectivity index (χ3n) is 1.78. The molecule has 0 fully saturated rings. The van der Waals surface area contributed by atoms with Gasteiger partial charge in [0.25, 0.3) is 0 Å². The van der Waals surface area contributed by atoms with E-state index >= 15 is 0 Å². The van der Waals surface area contributed by atoms with Gasteiger partial charge in [0.2, 0.25) is 0 Å². The summed E-state index contributed by atoms with van der Waals surface area (Å²) in [6, 6.07) is 3.48. The Morgan fingerprint density at radius 3 is 2.92 bits per heavy atom. The zero-order valence-corrected chi connectivity index (χ0v) is 7.15. The molecule has 0 saturated carbocycles. The molecule has 2 rings (SSSR count). The third-order valence-corrected chi connectivity index (χ3v) is 1.78. The monoisotopic (exact) mass is 178 g/mol. The summed E-state index contributed by atoms with van der Waals surface area (Å²) in [4.78, 5) is 11.0. The minimum absolute atomic E-state index is 0.427. The maximum absolute atomic E-state index is 9.24. The van der Waals surface area contributed by atoms with Crippen LogP contribution in [0, 0.1) is 0 Å². The number of aromatic amines is 1. The number of fused-ring (bicyclic) bond motifs is 1. The first-order valence-electron chi connectivity index (χ1n) is 3.97. The van der Waals surface area contributed by atoms with Gasteiger partial charge >= 0.3 is 0 Å². The van der Waals surface area contributed by atoms with E-state index in [4.69, 9.17) is 5.73 Å². The number of aliphatic hydroxyl groups is 1. The standard InChI is InChI=1S/C8H10N4O/c1-4(13)7-10-5-2-3-6(9)11-8(5)12-7/h2-4,13H,1H3,(H3,9,10,11,12). The Balaban J connectivity index is 2.62. The molecule has 0 amide bonds. The molecular weight excluding hydrogens is 168 g/mol. The molecule has 68 valence electrons. The van der Waals surface area contributed by atoms with Crippen LogP contribution in [0.5, 0.6) is 0 Å². The Morgan fingerprint density at radius 1 is 1.46 bits per heavy atom. The third kappa shape index (κ3) is 1.33. The molecule has 0 bridgehead atoms. The van der Waals surface area contributed by atoms with Gasteiger partial charge in [0, 0.05) is 0 Å². The van der Waals surface area contributed by atoms with Gasteiger partial charge in [-0.15, -0.1) is 0 Å². The van der Waals surface area contributed by atoms with Crippen molar-refractivity contribution in [3.05, 3.63) is 18.0 Å². The molecule has 4 N–H and O–H groups in total. The number of nitrogens with two attached hydrogens (primary N) is 1. The molecule has 0 aliphatic heterocycles. The molecule has 0 spiro atoms. The second-order valence-corrected chi connectivity index (χ2v) is 2.91.